The first-order valence-corrected chi connectivity index (χ1v) is 9.58. The molecule has 1 N–H and O–H groups in total. The highest BCUT2D eigenvalue weighted by Crippen LogP contribution is 2.41. The van der Waals surface area contributed by atoms with Crippen molar-refractivity contribution in [1.82, 2.24) is 10.1 Å². The number of H-pyrrole nitrogens is 1. The minimum atomic E-state index is -0.214. The molecule has 2 aromatic carbocycles. The van der Waals surface area contributed by atoms with Gasteiger partial charge in [0.15, 0.2) is 5.76 Å². The van der Waals surface area contributed by atoms with Crippen molar-refractivity contribution in [1.29, 1.82) is 0 Å². The van der Waals surface area contributed by atoms with Crippen LogP contribution in [0.3, 0.4) is 0 Å². The van der Waals surface area contributed by atoms with Gasteiger partial charge in [-0.15, -0.1) is 11.3 Å². The fourth-order valence-corrected chi connectivity index (χ4v) is 4.64. The van der Waals surface area contributed by atoms with Gasteiger partial charge >= 0.3 is 0 Å². The number of pyridine rings is 1. The van der Waals surface area contributed by atoms with E-state index in [0.29, 0.717) is 16.3 Å². The van der Waals surface area contributed by atoms with Crippen LogP contribution in [0.25, 0.3) is 42.8 Å². The van der Waals surface area contributed by atoms with E-state index in [0.717, 1.165) is 37.1 Å². The molecule has 27 heavy (non-hydrogen) atoms. The Morgan fingerprint density at radius 3 is 2.70 bits per heavy atom. The number of nitrogens with zero attached hydrogens (tertiary/aromatic N) is 1. The Morgan fingerprint density at radius 1 is 1.07 bits per heavy atom. The topological polar surface area (TPSA) is 58.9 Å². The summed E-state index contributed by atoms with van der Waals surface area (Å²) >= 11 is 7.91. The Hall–Kier alpha value is -2.89. The quantitative estimate of drug-likeness (QED) is 0.399. The van der Waals surface area contributed by atoms with Gasteiger partial charge in [-0.2, -0.15) is 0 Å². The molecular formula is C21H13ClN2O2S. The molecule has 0 bridgehead atoms. The highest BCUT2D eigenvalue weighted by molar-refractivity contribution is 7.22. The number of fused-ring (bicyclic) bond motifs is 2. The standard InChI is InChI=1S/C21H13ClN2O2S/c1-11-8-16(26-24-11)20-19(18-9-12-4-2-3-5-17(12)27-18)14-10-13(22)6-7-15(14)23-21(20)25/h2-10H,1H3,(H,23,25). The van der Waals surface area contributed by atoms with E-state index in [9.17, 15) is 4.79 Å². The second kappa shape index (κ2) is 6.08. The van der Waals surface area contributed by atoms with Crippen molar-refractivity contribution in [3.8, 4) is 21.8 Å². The van der Waals surface area contributed by atoms with Crippen molar-refractivity contribution in [2.24, 2.45) is 0 Å². The number of aromatic amines is 1. The summed E-state index contributed by atoms with van der Waals surface area (Å²) < 4.78 is 6.60. The van der Waals surface area contributed by atoms with E-state index in [2.05, 4.69) is 28.3 Å². The third-order valence-electron chi connectivity index (χ3n) is 4.52. The number of aryl methyl sites for hydroxylation is 1. The summed E-state index contributed by atoms with van der Waals surface area (Å²) in [6.45, 7) is 1.83. The molecule has 0 aliphatic carbocycles. The first-order chi connectivity index (χ1) is 13.1. The molecule has 0 fully saturated rings. The number of hydrogen-bond acceptors (Lipinski definition) is 4. The first kappa shape index (κ1) is 16.3. The maximum absolute atomic E-state index is 13.0. The van der Waals surface area contributed by atoms with Crippen molar-refractivity contribution >= 4 is 43.9 Å². The number of benzene rings is 2. The molecule has 0 atom stereocenters. The van der Waals surface area contributed by atoms with E-state index in [-0.39, 0.29) is 5.56 Å². The van der Waals surface area contributed by atoms with Crippen LogP contribution in [0.5, 0.6) is 0 Å². The normalized spacial score (nSPS) is 11.5. The summed E-state index contributed by atoms with van der Waals surface area (Å²) in [6, 6.07) is 17.5. The van der Waals surface area contributed by atoms with Crippen molar-refractivity contribution in [3.63, 3.8) is 0 Å². The minimum Gasteiger partial charge on any atom is -0.356 e. The van der Waals surface area contributed by atoms with E-state index >= 15 is 0 Å². The van der Waals surface area contributed by atoms with Crippen molar-refractivity contribution in [2.45, 2.75) is 6.92 Å². The maximum atomic E-state index is 13.0. The van der Waals surface area contributed by atoms with Crippen LogP contribution in [-0.4, -0.2) is 10.1 Å². The number of thiophene rings is 1. The molecule has 5 aromatic rings. The predicted octanol–water partition coefficient (Wildman–Crippen LogP) is 6.03. The fraction of sp³-hybridized carbons (Fsp3) is 0.0476. The molecule has 4 nitrogen and oxygen atoms in total. The lowest BCUT2D eigenvalue weighted by Crippen LogP contribution is -2.10. The minimum absolute atomic E-state index is 0.214. The highest BCUT2D eigenvalue weighted by Gasteiger charge is 2.21. The number of nitrogens with one attached hydrogen (secondary N) is 1. The van der Waals surface area contributed by atoms with Crippen LogP contribution in [0.2, 0.25) is 5.02 Å². The molecule has 0 radical (unpaired) electrons. The molecule has 0 unspecified atom stereocenters. The van der Waals surface area contributed by atoms with E-state index in [1.807, 2.05) is 31.2 Å². The summed E-state index contributed by atoms with van der Waals surface area (Å²) in [5, 5.41) is 6.57. The Kier molecular flexibility index (Phi) is 3.67. The summed E-state index contributed by atoms with van der Waals surface area (Å²) in [4.78, 5) is 16.9. The van der Waals surface area contributed by atoms with E-state index in [1.54, 1.807) is 23.5 Å². The molecular weight excluding hydrogens is 380 g/mol. The zero-order valence-electron chi connectivity index (χ0n) is 14.2. The Morgan fingerprint density at radius 2 is 1.93 bits per heavy atom. The average Bonchev–Trinajstić information content (AvgIpc) is 3.26. The molecule has 6 heteroatoms. The first-order valence-electron chi connectivity index (χ1n) is 8.38. The molecule has 132 valence electrons. The highest BCUT2D eigenvalue weighted by atomic mass is 35.5. The number of hydrogen-bond donors (Lipinski definition) is 1. The molecule has 0 spiro atoms. The van der Waals surface area contributed by atoms with Crippen molar-refractivity contribution in [3.05, 3.63) is 75.7 Å². The fourth-order valence-electron chi connectivity index (χ4n) is 3.34. The lowest BCUT2D eigenvalue weighted by Gasteiger charge is -2.09. The van der Waals surface area contributed by atoms with E-state index in [1.165, 1.54) is 0 Å². The van der Waals surface area contributed by atoms with Gasteiger partial charge in [-0.05, 0) is 42.6 Å². The molecule has 0 saturated heterocycles. The summed E-state index contributed by atoms with van der Waals surface area (Å²) in [5.74, 6) is 0.447. The molecule has 5 rings (SSSR count). The summed E-state index contributed by atoms with van der Waals surface area (Å²) in [6.07, 6.45) is 0. The van der Waals surface area contributed by atoms with Gasteiger partial charge in [0.05, 0.1) is 11.3 Å². The average molecular weight is 393 g/mol. The SMILES string of the molecule is Cc1cc(-c2c(-c3cc4ccccc4s3)c3cc(Cl)ccc3[nH]c2=O)on1. The van der Waals surface area contributed by atoms with Gasteiger partial charge in [-0.3, -0.25) is 4.79 Å². The molecule has 0 saturated carbocycles. The molecule has 0 amide bonds. The van der Waals surface area contributed by atoms with Gasteiger partial charge in [0.1, 0.15) is 0 Å². The van der Waals surface area contributed by atoms with Gasteiger partial charge < -0.3 is 9.51 Å². The van der Waals surface area contributed by atoms with Gasteiger partial charge in [0.25, 0.3) is 5.56 Å². The predicted molar refractivity (Wildman–Crippen MR) is 111 cm³/mol. The number of halogens is 1. The maximum Gasteiger partial charge on any atom is 0.260 e. The Labute approximate surface area is 163 Å². The molecule has 0 aliphatic rings. The van der Waals surface area contributed by atoms with Crippen molar-refractivity contribution < 1.29 is 4.52 Å². The van der Waals surface area contributed by atoms with Crippen LogP contribution in [0.15, 0.2) is 63.9 Å². The van der Waals surface area contributed by atoms with Crippen LogP contribution in [0.4, 0.5) is 0 Å². The lowest BCUT2D eigenvalue weighted by molar-refractivity contribution is 0.427. The third kappa shape index (κ3) is 2.67. The van der Waals surface area contributed by atoms with Crippen LogP contribution in [-0.2, 0) is 0 Å². The van der Waals surface area contributed by atoms with Crippen LogP contribution in [0, 0.1) is 6.92 Å². The second-order valence-electron chi connectivity index (χ2n) is 6.38. The van der Waals surface area contributed by atoms with E-state index < -0.39 is 0 Å². The monoisotopic (exact) mass is 392 g/mol. The Balaban J connectivity index is 1.95. The Bertz CT molecular complexity index is 1350. The van der Waals surface area contributed by atoms with Crippen molar-refractivity contribution in [2.75, 3.05) is 0 Å². The molecule has 3 heterocycles. The van der Waals surface area contributed by atoms with Crippen LogP contribution < -0.4 is 5.56 Å². The lowest BCUT2D eigenvalue weighted by atomic mass is 9.99. The molecule has 0 aliphatic heterocycles. The second-order valence-corrected chi connectivity index (χ2v) is 7.90. The van der Waals surface area contributed by atoms with Gasteiger partial charge in [-0.1, -0.05) is 35.0 Å². The number of rotatable bonds is 2. The summed E-state index contributed by atoms with van der Waals surface area (Å²) in [5.41, 5.74) is 2.52. The third-order valence-corrected chi connectivity index (χ3v) is 5.89. The summed E-state index contributed by atoms with van der Waals surface area (Å²) in [7, 11) is 0. The van der Waals surface area contributed by atoms with Gasteiger partial charge in [0.2, 0.25) is 0 Å². The number of aromatic nitrogens is 2. The van der Waals surface area contributed by atoms with Crippen LogP contribution in [0.1, 0.15) is 5.69 Å². The largest absolute Gasteiger partial charge is 0.356 e. The van der Waals surface area contributed by atoms with Gasteiger partial charge in [0, 0.05) is 37.1 Å². The van der Waals surface area contributed by atoms with Crippen LogP contribution >= 0.6 is 22.9 Å². The van der Waals surface area contributed by atoms with Gasteiger partial charge in [-0.25, -0.2) is 0 Å². The smallest absolute Gasteiger partial charge is 0.260 e. The zero-order valence-corrected chi connectivity index (χ0v) is 15.8. The van der Waals surface area contributed by atoms with E-state index in [4.69, 9.17) is 16.1 Å². The zero-order chi connectivity index (χ0) is 18.5. The molecule has 3 aromatic heterocycles.